The predicted molar refractivity (Wildman–Crippen MR) is 123 cm³/mol. The Balaban J connectivity index is 1.77. The minimum absolute atomic E-state index is 0.00876. The van der Waals surface area contributed by atoms with E-state index in [2.05, 4.69) is 10.6 Å². The Labute approximate surface area is 196 Å². The first-order chi connectivity index (χ1) is 16.1. The van der Waals surface area contributed by atoms with E-state index in [1.807, 2.05) is 0 Å². The number of carboxylic acid groups (broad SMARTS) is 1. The van der Waals surface area contributed by atoms with Crippen molar-refractivity contribution in [1.29, 1.82) is 0 Å². The van der Waals surface area contributed by atoms with Gasteiger partial charge in [-0.15, -0.1) is 0 Å². The largest absolute Gasteiger partial charge is 0.508 e. The van der Waals surface area contributed by atoms with Crippen LogP contribution in [0.1, 0.15) is 47.4 Å². The molecule has 0 bridgehead atoms. The van der Waals surface area contributed by atoms with E-state index in [9.17, 15) is 34.5 Å². The molecule has 180 valence electrons. The van der Waals surface area contributed by atoms with Crippen LogP contribution in [-0.2, 0) is 9.59 Å². The Hall–Kier alpha value is -4.08. The van der Waals surface area contributed by atoms with Gasteiger partial charge in [0.25, 0.3) is 5.91 Å². The maximum atomic E-state index is 13.4. The number of phenolic OH excluding ortho intramolecular Hbond substituents is 2. The molecule has 0 aliphatic carbocycles. The summed E-state index contributed by atoms with van der Waals surface area (Å²) in [5.41, 5.74) is -0.237. The van der Waals surface area contributed by atoms with Gasteiger partial charge in [0.05, 0.1) is 11.3 Å². The highest BCUT2D eigenvalue weighted by Gasteiger charge is 2.39. The van der Waals surface area contributed by atoms with Gasteiger partial charge in [0, 0.05) is 12.1 Å². The van der Waals surface area contributed by atoms with Crippen molar-refractivity contribution >= 4 is 29.4 Å². The van der Waals surface area contributed by atoms with Crippen molar-refractivity contribution in [3.8, 4) is 11.5 Å². The third-order valence-corrected chi connectivity index (χ3v) is 5.71. The summed E-state index contributed by atoms with van der Waals surface area (Å²) >= 11 is 0. The first kappa shape index (κ1) is 24.6. The number of rotatable bonds is 7. The number of carboxylic acids is 1. The predicted octanol–water partition coefficient (Wildman–Crippen LogP) is 2.18. The van der Waals surface area contributed by atoms with Crippen molar-refractivity contribution in [3.63, 3.8) is 0 Å². The number of aromatic hydroxyl groups is 2. The van der Waals surface area contributed by atoms with Gasteiger partial charge >= 0.3 is 5.97 Å². The molecule has 2 atom stereocenters. The first-order valence-corrected chi connectivity index (χ1v) is 10.9. The molecule has 0 radical (unpaired) electrons. The van der Waals surface area contributed by atoms with E-state index in [-0.39, 0.29) is 28.5 Å². The highest BCUT2D eigenvalue weighted by molar-refractivity contribution is 6.05. The second kappa shape index (κ2) is 10.2. The molecule has 2 aromatic rings. The molecule has 1 saturated heterocycles. The number of hydrogen-bond acceptors (Lipinski definition) is 6. The lowest BCUT2D eigenvalue weighted by Crippen LogP contribution is -2.54. The number of amides is 3. The molecule has 0 saturated carbocycles. The molecule has 2 aromatic carbocycles. The summed E-state index contributed by atoms with van der Waals surface area (Å²) in [6.45, 7) is 3.83. The minimum atomic E-state index is -1.32. The highest BCUT2D eigenvalue weighted by atomic mass is 16.4. The van der Waals surface area contributed by atoms with Gasteiger partial charge in [0.1, 0.15) is 23.6 Å². The van der Waals surface area contributed by atoms with Crippen LogP contribution in [0.3, 0.4) is 0 Å². The molecular weight excluding hydrogens is 442 g/mol. The van der Waals surface area contributed by atoms with Crippen molar-refractivity contribution in [2.45, 2.75) is 38.8 Å². The van der Waals surface area contributed by atoms with Crippen LogP contribution in [0, 0.1) is 5.92 Å². The van der Waals surface area contributed by atoms with Gasteiger partial charge in [-0.2, -0.15) is 0 Å². The number of para-hydroxylation sites is 1. The molecule has 5 N–H and O–H groups in total. The van der Waals surface area contributed by atoms with E-state index < -0.39 is 41.5 Å². The lowest BCUT2D eigenvalue weighted by atomic mass is 10.0. The summed E-state index contributed by atoms with van der Waals surface area (Å²) in [4.78, 5) is 51.9. The molecule has 10 nitrogen and oxygen atoms in total. The third kappa shape index (κ3) is 5.28. The van der Waals surface area contributed by atoms with Gasteiger partial charge in [-0.25, -0.2) is 4.79 Å². The standard InChI is InChI=1S/C24H27N3O7/c1-13(2)19(25-21(30)14-8-10-15(28)11-9-14)23(32)27-12-4-6-17(27)22(31)26-20-16(24(33)34)5-3-7-18(20)29/h3,5,7-11,13,17,19,28-29H,4,6,12H2,1-2H3,(H,25,30)(H,26,31)(H,33,34). The van der Waals surface area contributed by atoms with E-state index in [0.29, 0.717) is 19.4 Å². The van der Waals surface area contributed by atoms with Crippen molar-refractivity contribution in [2.75, 3.05) is 11.9 Å². The van der Waals surface area contributed by atoms with Crippen molar-refractivity contribution in [2.24, 2.45) is 5.92 Å². The number of benzene rings is 2. The lowest BCUT2D eigenvalue weighted by Gasteiger charge is -2.30. The fourth-order valence-corrected chi connectivity index (χ4v) is 3.89. The van der Waals surface area contributed by atoms with Crippen LogP contribution in [0.5, 0.6) is 11.5 Å². The van der Waals surface area contributed by atoms with E-state index in [1.165, 1.54) is 47.4 Å². The Kier molecular flexibility index (Phi) is 7.40. The molecule has 1 heterocycles. The number of carbonyl (C=O) groups is 4. The zero-order valence-corrected chi connectivity index (χ0v) is 18.8. The second-order valence-electron chi connectivity index (χ2n) is 8.43. The van der Waals surface area contributed by atoms with E-state index in [4.69, 9.17) is 0 Å². The smallest absolute Gasteiger partial charge is 0.337 e. The van der Waals surface area contributed by atoms with Crippen LogP contribution in [-0.4, -0.2) is 62.5 Å². The zero-order valence-electron chi connectivity index (χ0n) is 18.8. The van der Waals surface area contributed by atoms with E-state index in [0.717, 1.165) is 0 Å². The van der Waals surface area contributed by atoms with Gasteiger partial charge in [0.15, 0.2) is 0 Å². The third-order valence-electron chi connectivity index (χ3n) is 5.71. The quantitative estimate of drug-likeness (QED) is 0.389. The number of nitrogens with one attached hydrogen (secondary N) is 2. The average molecular weight is 469 g/mol. The number of carbonyl (C=O) groups excluding carboxylic acids is 3. The molecule has 2 unspecified atom stereocenters. The monoisotopic (exact) mass is 469 g/mol. The Morgan fingerprint density at radius 2 is 1.71 bits per heavy atom. The normalized spacial score (nSPS) is 16.2. The van der Waals surface area contributed by atoms with Gasteiger partial charge in [-0.1, -0.05) is 19.9 Å². The number of likely N-dealkylation sites (tertiary alicyclic amines) is 1. The molecule has 3 rings (SSSR count). The molecule has 1 fully saturated rings. The number of nitrogens with zero attached hydrogens (tertiary/aromatic N) is 1. The molecule has 3 amide bonds. The lowest BCUT2D eigenvalue weighted by molar-refractivity contribution is -0.139. The van der Waals surface area contributed by atoms with Crippen LogP contribution < -0.4 is 10.6 Å². The molecule has 10 heteroatoms. The average Bonchev–Trinajstić information content (AvgIpc) is 3.28. The first-order valence-electron chi connectivity index (χ1n) is 10.9. The van der Waals surface area contributed by atoms with Gasteiger partial charge < -0.3 is 30.9 Å². The Morgan fingerprint density at radius 3 is 2.32 bits per heavy atom. The molecule has 34 heavy (non-hydrogen) atoms. The van der Waals surface area contributed by atoms with Crippen LogP contribution in [0.4, 0.5) is 5.69 Å². The summed E-state index contributed by atoms with van der Waals surface area (Å²) in [6, 6.07) is 7.67. The van der Waals surface area contributed by atoms with Crippen LogP contribution in [0.15, 0.2) is 42.5 Å². The second-order valence-corrected chi connectivity index (χ2v) is 8.43. The van der Waals surface area contributed by atoms with Crippen LogP contribution in [0.25, 0.3) is 0 Å². The molecule has 0 spiro atoms. The SMILES string of the molecule is CC(C)C(NC(=O)c1ccc(O)cc1)C(=O)N1CCCC1C(=O)Nc1c(O)cccc1C(=O)O. The fraction of sp³-hybridized carbons (Fsp3) is 0.333. The maximum Gasteiger partial charge on any atom is 0.337 e. The van der Waals surface area contributed by atoms with Crippen LogP contribution in [0.2, 0.25) is 0 Å². The van der Waals surface area contributed by atoms with Gasteiger partial charge in [0.2, 0.25) is 11.8 Å². The number of anilines is 1. The molecule has 1 aliphatic rings. The molecule has 1 aliphatic heterocycles. The zero-order chi connectivity index (χ0) is 25.0. The van der Waals surface area contributed by atoms with E-state index in [1.54, 1.807) is 13.8 Å². The maximum absolute atomic E-state index is 13.4. The summed E-state index contributed by atoms with van der Waals surface area (Å²) < 4.78 is 0. The van der Waals surface area contributed by atoms with Gasteiger partial charge in [-0.05, 0) is 55.2 Å². The summed E-state index contributed by atoms with van der Waals surface area (Å²) in [6.07, 6.45) is 0.900. The minimum Gasteiger partial charge on any atom is -0.508 e. The number of aromatic carboxylic acids is 1. The molecule has 0 aromatic heterocycles. The number of phenols is 2. The van der Waals surface area contributed by atoms with Crippen molar-refractivity contribution in [3.05, 3.63) is 53.6 Å². The summed E-state index contributed by atoms with van der Waals surface area (Å²) in [5.74, 6) is -3.54. The topological polar surface area (TPSA) is 156 Å². The summed E-state index contributed by atoms with van der Waals surface area (Å²) in [5, 5.41) is 34.0. The Bertz CT molecular complexity index is 1100. The highest BCUT2D eigenvalue weighted by Crippen LogP contribution is 2.29. The van der Waals surface area contributed by atoms with Crippen LogP contribution >= 0.6 is 0 Å². The number of hydrogen-bond donors (Lipinski definition) is 5. The fourth-order valence-electron chi connectivity index (χ4n) is 3.89. The Morgan fingerprint density at radius 1 is 1.03 bits per heavy atom. The van der Waals surface area contributed by atoms with Crippen molar-refractivity contribution in [1.82, 2.24) is 10.2 Å². The summed E-state index contributed by atoms with van der Waals surface area (Å²) in [7, 11) is 0. The van der Waals surface area contributed by atoms with E-state index >= 15 is 0 Å². The van der Waals surface area contributed by atoms with Crippen molar-refractivity contribution < 1.29 is 34.5 Å². The van der Waals surface area contributed by atoms with Gasteiger partial charge in [-0.3, -0.25) is 14.4 Å². The molecular formula is C24H27N3O7.